The van der Waals surface area contributed by atoms with E-state index in [9.17, 15) is 0 Å². The summed E-state index contributed by atoms with van der Waals surface area (Å²) in [4.78, 5) is 2.44. The smallest absolute Gasteiger partial charge is 0.179 e. The standard InChI is InChI=1S/C70H48N2SSi/c1-4-23-55(24-5-1)74(56-25-6-2-7-26-56,57-27-8-3-9-28-57)58-29-17-22-54(48-58)71(52-44-40-50(41-45-52)60-33-16-21-49-20-10-11-30-59(49)60)53-46-42-51(43-47-53)61-34-18-37-66-69(61)64-32-12-14-36-65(64)72(66)67-38-19-35-63-62-31-13-15-39-68(62)73-70(63)67/h1-48H. The van der Waals surface area contributed by atoms with E-state index >= 15 is 0 Å². The summed E-state index contributed by atoms with van der Waals surface area (Å²) in [6.45, 7) is 0. The zero-order valence-electron chi connectivity index (χ0n) is 40.5. The van der Waals surface area contributed by atoms with E-state index < -0.39 is 8.07 Å². The fourth-order valence-corrected chi connectivity index (χ4v) is 17.9. The van der Waals surface area contributed by atoms with Crippen molar-refractivity contribution >= 4 is 110 Å². The molecule has 0 spiro atoms. The van der Waals surface area contributed by atoms with Gasteiger partial charge >= 0.3 is 0 Å². The van der Waals surface area contributed by atoms with E-state index in [1.165, 1.54) is 101 Å². The monoisotopic (exact) mass is 976 g/mol. The highest BCUT2D eigenvalue weighted by atomic mass is 32.1. The van der Waals surface area contributed by atoms with Crippen LogP contribution in [0.5, 0.6) is 0 Å². The Labute approximate surface area is 435 Å². The highest BCUT2D eigenvalue weighted by molar-refractivity contribution is 7.26. The van der Waals surface area contributed by atoms with Crippen LogP contribution in [0, 0.1) is 0 Å². The lowest BCUT2D eigenvalue weighted by molar-refractivity contribution is 1.20. The third-order valence-corrected chi connectivity index (χ3v) is 21.1. The van der Waals surface area contributed by atoms with Crippen molar-refractivity contribution in [3.63, 3.8) is 0 Å². The number of fused-ring (bicyclic) bond motifs is 7. The summed E-state index contributed by atoms with van der Waals surface area (Å²) in [6.07, 6.45) is 0. The van der Waals surface area contributed by atoms with Crippen LogP contribution >= 0.6 is 11.3 Å². The molecule has 0 unspecified atom stereocenters. The summed E-state index contributed by atoms with van der Waals surface area (Å²) in [5, 5.41) is 13.0. The molecule has 0 atom stereocenters. The molecule has 0 aliphatic carbocycles. The molecule has 0 N–H and O–H groups in total. The van der Waals surface area contributed by atoms with Gasteiger partial charge in [-0.25, -0.2) is 0 Å². The quantitative estimate of drug-likeness (QED) is 0.0979. The maximum absolute atomic E-state index is 2.83. The number of hydrogen-bond donors (Lipinski definition) is 0. The molecule has 4 heteroatoms. The Hall–Kier alpha value is -9.06. The van der Waals surface area contributed by atoms with Gasteiger partial charge in [-0.15, -0.1) is 11.3 Å². The second-order valence-corrected chi connectivity index (χ2v) is 24.0. The van der Waals surface area contributed by atoms with Crippen molar-refractivity contribution in [1.29, 1.82) is 0 Å². The molecule has 0 aliphatic rings. The van der Waals surface area contributed by atoms with Crippen LogP contribution in [0.4, 0.5) is 17.1 Å². The van der Waals surface area contributed by atoms with Crippen LogP contribution in [0.15, 0.2) is 291 Å². The van der Waals surface area contributed by atoms with E-state index in [4.69, 9.17) is 0 Å². The molecule has 0 fully saturated rings. The average Bonchev–Trinajstić information content (AvgIpc) is 4.06. The summed E-state index contributed by atoms with van der Waals surface area (Å²) in [5.41, 5.74) is 11.7. The molecule has 12 aromatic carbocycles. The van der Waals surface area contributed by atoms with Gasteiger partial charge in [-0.3, -0.25) is 0 Å². The molecule has 0 aliphatic heterocycles. The Balaban J connectivity index is 0.939. The van der Waals surface area contributed by atoms with E-state index in [1.807, 2.05) is 11.3 Å². The van der Waals surface area contributed by atoms with E-state index in [-0.39, 0.29) is 0 Å². The topological polar surface area (TPSA) is 8.17 Å². The maximum atomic E-state index is 2.49. The van der Waals surface area contributed by atoms with Crippen LogP contribution in [-0.2, 0) is 0 Å². The summed E-state index contributed by atoms with van der Waals surface area (Å²) < 4.78 is 5.10. The average molecular weight is 977 g/mol. The first-order chi connectivity index (χ1) is 36.7. The van der Waals surface area contributed by atoms with Gasteiger partial charge in [0.2, 0.25) is 0 Å². The second-order valence-electron chi connectivity index (χ2n) is 19.2. The van der Waals surface area contributed by atoms with Crippen molar-refractivity contribution in [2.75, 3.05) is 4.90 Å². The number of aromatic nitrogens is 1. The predicted octanol–water partition coefficient (Wildman–Crippen LogP) is 16.5. The molecule has 348 valence electrons. The molecule has 14 rings (SSSR count). The summed E-state index contributed by atoms with van der Waals surface area (Å²) in [7, 11) is -2.83. The molecule has 0 bridgehead atoms. The van der Waals surface area contributed by atoms with Gasteiger partial charge in [0.05, 0.1) is 21.4 Å². The summed E-state index contributed by atoms with van der Waals surface area (Å²) >= 11 is 1.88. The van der Waals surface area contributed by atoms with E-state index in [0.717, 1.165) is 17.1 Å². The minimum Gasteiger partial charge on any atom is -0.311 e. The summed E-state index contributed by atoms with van der Waals surface area (Å²) in [5.74, 6) is 0. The molecule has 0 radical (unpaired) electrons. The van der Waals surface area contributed by atoms with Gasteiger partial charge < -0.3 is 9.47 Å². The van der Waals surface area contributed by atoms with Crippen LogP contribution in [0.25, 0.3) is 80.7 Å². The molecule has 2 heterocycles. The van der Waals surface area contributed by atoms with Crippen molar-refractivity contribution < 1.29 is 0 Å². The van der Waals surface area contributed by atoms with Gasteiger partial charge in [-0.1, -0.05) is 231 Å². The van der Waals surface area contributed by atoms with E-state index in [0.29, 0.717) is 0 Å². The Kier molecular flexibility index (Phi) is 10.8. The van der Waals surface area contributed by atoms with Crippen LogP contribution in [0.2, 0.25) is 0 Å². The maximum Gasteiger partial charge on any atom is 0.179 e. The first-order valence-electron chi connectivity index (χ1n) is 25.4. The van der Waals surface area contributed by atoms with Crippen molar-refractivity contribution in [3.05, 3.63) is 291 Å². The Bertz CT molecular complexity index is 4250. The third kappa shape index (κ3) is 7.14. The lowest BCUT2D eigenvalue weighted by atomic mass is 9.98. The molecule has 74 heavy (non-hydrogen) atoms. The highest BCUT2D eigenvalue weighted by Gasteiger charge is 2.41. The van der Waals surface area contributed by atoms with Crippen LogP contribution < -0.4 is 25.6 Å². The third-order valence-electron chi connectivity index (χ3n) is 15.1. The van der Waals surface area contributed by atoms with Crippen LogP contribution in [0.3, 0.4) is 0 Å². The Morgan fingerprint density at radius 3 is 1.50 bits per heavy atom. The Morgan fingerprint density at radius 2 is 0.811 bits per heavy atom. The number of rotatable bonds is 10. The zero-order valence-corrected chi connectivity index (χ0v) is 42.3. The van der Waals surface area contributed by atoms with Crippen molar-refractivity contribution in [1.82, 2.24) is 4.57 Å². The number of benzene rings is 12. The predicted molar refractivity (Wildman–Crippen MR) is 320 cm³/mol. The second kappa shape index (κ2) is 18.2. The first kappa shape index (κ1) is 43.7. The number of nitrogens with zero attached hydrogens (tertiary/aromatic N) is 2. The normalized spacial score (nSPS) is 11.8. The molecule has 2 aromatic heterocycles. The van der Waals surface area contributed by atoms with Gasteiger partial charge in [0.1, 0.15) is 0 Å². The molecule has 0 amide bonds. The van der Waals surface area contributed by atoms with Gasteiger partial charge in [-0.05, 0) is 114 Å². The van der Waals surface area contributed by atoms with Crippen molar-refractivity contribution in [2.24, 2.45) is 0 Å². The Morgan fingerprint density at radius 1 is 0.324 bits per heavy atom. The summed E-state index contributed by atoms with van der Waals surface area (Å²) in [6, 6.07) is 108. The number of para-hydroxylation sites is 1. The zero-order chi connectivity index (χ0) is 49.0. The van der Waals surface area contributed by atoms with Crippen molar-refractivity contribution in [3.8, 4) is 27.9 Å². The highest BCUT2D eigenvalue weighted by Crippen LogP contribution is 2.44. The van der Waals surface area contributed by atoms with Crippen LogP contribution in [0.1, 0.15) is 0 Å². The molecule has 2 nitrogen and oxygen atoms in total. The van der Waals surface area contributed by atoms with E-state index in [1.54, 1.807) is 0 Å². The molecular weight excluding hydrogens is 929 g/mol. The van der Waals surface area contributed by atoms with Gasteiger partial charge in [0.15, 0.2) is 8.07 Å². The first-order valence-corrected chi connectivity index (χ1v) is 28.2. The van der Waals surface area contributed by atoms with Crippen LogP contribution in [-0.4, -0.2) is 12.6 Å². The minimum absolute atomic E-state index is 1.08. The van der Waals surface area contributed by atoms with Gasteiger partial charge in [0, 0.05) is 43.3 Å². The molecule has 14 aromatic rings. The van der Waals surface area contributed by atoms with Crippen molar-refractivity contribution in [2.45, 2.75) is 0 Å². The van der Waals surface area contributed by atoms with Gasteiger partial charge in [-0.2, -0.15) is 0 Å². The minimum atomic E-state index is -2.83. The number of hydrogen-bond acceptors (Lipinski definition) is 2. The lowest BCUT2D eigenvalue weighted by Gasteiger charge is -2.35. The van der Waals surface area contributed by atoms with Gasteiger partial charge in [0.25, 0.3) is 0 Å². The molecular formula is C70H48N2SSi. The molecule has 0 saturated carbocycles. The van der Waals surface area contributed by atoms with E-state index in [2.05, 4.69) is 301 Å². The largest absolute Gasteiger partial charge is 0.311 e. The molecule has 0 saturated heterocycles. The fraction of sp³-hybridized carbons (Fsp3) is 0. The fourth-order valence-electron chi connectivity index (χ4n) is 11.9. The SMILES string of the molecule is c1ccc([Si](c2ccccc2)(c2ccccc2)c2cccc(N(c3ccc(-c4cccc5ccccc45)cc3)c3ccc(-c4cccc5c4c4ccccc4n5-c4cccc5c4sc4ccccc45)cc3)c2)cc1. The number of thiophene rings is 1. The lowest BCUT2D eigenvalue weighted by Crippen LogP contribution is -2.74. The number of anilines is 3.